The lowest BCUT2D eigenvalue weighted by molar-refractivity contribution is 1.45. The Hall–Kier alpha value is -1.12. The van der Waals surface area contributed by atoms with Gasteiger partial charge in [-0.15, -0.1) is 11.8 Å². The molecule has 0 aliphatic carbocycles. The third-order valence-corrected chi connectivity index (χ3v) is 4.37. The van der Waals surface area contributed by atoms with Gasteiger partial charge >= 0.3 is 0 Å². The van der Waals surface area contributed by atoms with Crippen LogP contribution >= 0.6 is 23.5 Å². The highest BCUT2D eigenvalue weighted by Crippen LogP contribution is 2.29. The highest BCUT2D eigenvalue weighted by atomic mass is 32.2. The van der Waals surface area contributed by atoms with Crippen molar-refractivity contribution < 1.29 is 0 Å². The van der Waals surface area contributed by atoms with Crippen molar-refractivity contribution in [2.45, 2.75) is 9.79 Å². The van der Waals surface area contributed by atoms with Crippen LogP contribution in [0.4, 0.5) is 0 Å². The van der Waals surface area contributed by atoms with E-state index in [1.165, 1.54) is 14.7 Å². The van der Waals surface area contributed by atoms with E-state index in [0.717, 1.165) is 5.75 Å². The van der Waals surface area contributed by atoms with Crippen LogP contribution in [0, 0.1) is 0 Å². The van der Waals surface area contributed by atoms with Gasteiger partial charge in [0.1, 0.15) is 0 Å². The molecule has 0 bridgehead atoms. The Bertz CT molecular complexity index is 463. The Morgan fingerprint density at radius 3 is 1.94 bits per heavy atom. The summed E-state index contributed by atoms with van der Waals surface area (Å²) in [6.45, 7) is 4.11. The molecule has 0 amide bonds. The minimum absolute atomic E-state index is 0.948. The lowest BCUT2D eigenvalue weighted by Crippen LogP contribution is -1.81. The number of hydrogen-bond donors (Lipinski definition) is 0. The van der Waals surface area contributed by atoms with Crippen LogP contribution in [0.25, 0.3) is 0 Å². The lowest BCUT2D eigenvalue weighted by atomic mass is 10.4. The van der Waals surface area contributed by atoms with Gasteiger partial charge in [-0.3, -0.25) is 0 Å². The second-order valence-electron chi connectivity index (χ2n) is 3.56. The average Bonchev–Trinajstić information content (AvgIpc) is 2.39. The summed E-state index contributed by atoms with van der Waals surface area (Å²) in [6.07, 6.45) is 0. The third-order valence-electron chi connectivity index (χ3n) is 2.15. The second-order valence-corrected chi connectivity index (χ2v) is 5.86. The average molecular weight is 258 g/mol. The largest absolute Gasteiger partial charge is 0.121 e. The summed E-state index contributed by atoms with van der Waals surface area (Å²) in [6, 6.07) is 20.8. The molecule has 0 saturated heterocycles. The molecule has 0 aromatic heterocycles. The maximum atomic E-state index is 4.11. The standard InChI is InChI=1S/C15H14S2/c1-13(17-15-10-6-3-7-11-15)12-16-14-8-4-2-5-9-14/h2-11H,1,12H2. The Morgan fingerprint density at radius 1 is 0.824 bits per heavy atom. The highest BCUT2D eigenvalue weighted by Gasteiger charge is 1.99. The minimum atomic E-state index is 0.948. The Kier molecular flexibility index (Phi) is 4.77. The molecule has 0 fully saturated rings. The molecule has 0 radical (unpaired) electrons. The molecule has 0 aliphatic rings. The lowest BCUT2D eigenvalue weighted by Gasteiger charge is -2.05. The molecular weight excluding hydrogens is 244 g/mol. The quantitative estimate of drug-likeness (QED) is 0.685. The summed E-state index contributed by atoms with van der Waals surface area (Å²) >= 11 is 3.57. The highest BCUT2D eigenvalue weighted by molar-refractivity contribution is 8.05. The van der Waals surface area contributed by atoms with Crippen LogP contribution in [0.1, 0.15) is 0 Å². The second kappa shape index (κ2) is 6.58. The van der Waals surface area contributed by atoms with Crippen molar-refractivity contribution in [3.8, 4) is 0 Å². The van der Waals surface area contributed by atoms with E-state index in [0.29, 0.717) is 0 Å². The first-order chi connectivity index (χ1) is 8.34. The Labute approximate surface area is 111 Å². The summed E-state index contributed by atoms with van der Waals surface area (Å²) in [7, 11) is 0. The summed E-state index contributed by atoms with van der Waals surface area (Å²) < 4.78 is 0. The summed E-state index contributed by atoms with van der Waals surface area (Å²) in [5.74, 6) is 0.948. The zero-order valence-corrected chi connectivity index (χ0v) is 11.1. The summed E-state index contributed by atoms with van der Waals surface area (Å²) in [5.41, 5.74) is 0. The van der Waals surface area contributed by atoms with Gasteiger partial charge < -0.3 is 0 Å². The van der Waals surface area contributed by atoms with Crippen LogP contribution in [0.2, 0.25) is 0 Å². The van der Waals surface area contributed by atoms with Gasteiger partial charge in [-0.1, -0.05) is 54.7 Å². The molecule has 0 spiro atoms. The van der Waals surface area contributed by atoms with E-state index in [9.17, 15) is 0 Å². The Balaban J connectivity index is 1.83. The molecule has 17 heavy (non-hydrogen) atoms. The smallest absolute Gasteiger partial charge is 0.0289 e. The van der Waals surface area contributed by atoms with Gasteiger partial charge in [0.05, 0.1) is 0 Å². The fourth-order valence-electron chi connectivity index (χ4n) is 1.37. The summed E-state index contributed by atoms with van der Waals surface area (Å²) in [5, 5.41) is 0. The maximum absolute atomic E-state index is 4.11. The van der Waals surface area contributed by atoms with Crippen molar-refractivity contribution in [2.24, 2.45) is 0 Å². The molecule has 86 valence electrons. The molecule has 0 nitrogen and oxygen atoms in total. The third kappa shape index (κ3) is 4.33. The van der Waals surface area contributed by atoms with Gasteiger partial charge in [0, 0.05) is 15.5 Å². The van der Waals surface area contributed by atoms with Crippen LogP contribution in [0.15, 0.2) is 81.9 Å². The first-order valence-corrected chi connectivity index (χ1v) is 7.23. The number of thioether (sulfide) groups is 2. The van der Waals surface area contributed by atoms with Crippen LogP contribution in [-0.4, -0.2) is 5.75 Å². The molecule has 2 heteroatoms. The number of benzene rings is 2. The molecule has 2 aromatic carbocycles. The number of rotatable bonds is 5. The van der Waals surface area contributed by atoms with Crippen LogP contribution in [-0.2, 0) is 0 Å². The van der Waals surface area contributed by atoms with Crippen LogP contribution < -0.4 is 0 Å². The predicted octanol–water partition coefficient (Wildman–Crippen LogP) is 5.08. The fourth-order valence-corrected chi connectivity index (χ4v) is 3.08. The molecule has 0 atom stereocenters. The normalized spacial score (nSPS) is 10.1. The SMILES string of the molecule is C=C(CSc1ccccc1)Sc1ccccc1. The van der Waals surface area contributed by atoms with Crippen molar-refractivity contribution in [3.63, 3.8) is 0 Å². The summed E-state index contributed by atoms with van der Waals surface area (Å²) in [4.78, 5) is 3.73. The van der Waals surface area contributed by atoms with Crippen molar-refractivity contribution in [1.82, 2.24) is 0 Å². The van der Waals surface area contributed by atoms with E-state index in [4.69, 9.17) is 0 Å². The van der Waals surface area contributed by atoms with E-state index in [2.05, 4.69) is 55.1 Å². The van der Waals surface area contributed by atoms with Gasteiger partial charge in [-0.2, -0.15) is 0 Å². The molecule has 2 aromatic rings. The van der Waals surface area contributed by atoms with Gasteiger partial charge in [-0.05, 0) is 29.2 Å². The maximum Gasteiger partial charge on any atom is 0.0289 e. The molecular formula is C15H14S2. The molecule has 2 rings (SSSR count). The van der Waals surface area contributed by atoms with Gasteiger partial charge in [-0.25, -0.2) is 0 Å². The zero-order chi connectivity index (χ0) is 11.9. The first kappa shape index (κ1) is 12.3. The predicted molar refractivity (Wildman–Crippen MR) is 78.6 cm³/mol. The van der Waals surface area contributed by atoms with E-state index >= 15 is 0 Å². The van der Waals surface area contributed by atoms with Gasteiger partial charge in [0.2, 0.25) is 0 Å². The fraction of sp³-hybridized carbons (Fsp3) is 0.0667. The number of hydrogen-bond acceptors (Lipinski definition) is 2. The van der Waals surface area contributed by atoms with Crippen LogP contribution in [0.5, 0.6) is 0 Å². The van der Waals surface area contributed by atoms with E-state index in [-0.39, 0.29) is 0 Å². The molecule has 0 aliphatic heterocycles. The van der Waals surface area contributed by atoms with Crippen molar-refractivity contribution >= 4 is 23.5 Å². The van der Waals surface area contributed by atoms with Gasteiger partial charge in [0.15, 0.2) is 0 Å². The van der Waals surface area contributed by atoms with Crippen molar-refractivity contribution in [3.05, 3.63) is 72.1 Å². The van der Waals surface area contributed by atoms with Crippen molar-refractivity contribution in [2.75, 3.05) is 5.75 Å². The molecule has 0 heterocycles. The van der Waals surface area contributed by atoms with Gasteiger partial charge in [0.25, 0.3) is 0 Å². The minimum Gasteiger partial charge on any atom is -0.121 e. The Morgan fingerprint density at radius 2 is 1.35 bits per heavy atom. The van der Waals surface area contributed by atoms with E-state index in [1.807, 2.05) is 23.9 Å². The molecule has 0 N–H and O–H groups in total. The first-order valence-electron chi connectivity index (χ1n) is 5.43. The van der Waals surface area contributed by atoms with Crippen molar-refractivity contribution in [1.29, 1.82) is 0 Å². The molecule has 0 unspecified atom stereocenters. The van der Waals surface area contributed by atoms with E-state index in [1.54, 1.807) is 11.8 Å². The zero-order valence-electron chi connectivity index (χ0n) is 9.50. The van der Waals surface area contributed by atoms with E-state index < -0.39 is 0 Å². The molecule has 0 saturated carbocycles. The topological polar surface area (TPSA) is 0 Å². The monoisotopic (exact) mass is 258 g/mol. The van der Waals surface area contributed by atoms with Crippen LogP contribution in [0.3, 0.4) is 0 Å².